The van der Waals surface area contributed by atoms with Crippen LogP contribution in [0, 0.1) is 0 Å². The lowest BCUT2D eigenvalue weighted by molar-refractivity contribution is -0.137. The van der Waals surface area contributed by atoms with Gasteiger partial charge in [-0.1, -0.05) is 0 Å². The SMILES string of the molecule is Nc1nc(N)nc(CN2CCCN(c3ccc(C(F)(F)F)cn3)CC2)n1. The first kappa shape index (κ1) is 18.1. The Bertz CT molecular complexity index is 729. The van der Waals surface area contributed by atoms with Crippen molar-refractivity contribution in [1.29, 1.82) is 0 Å². The van der Waals surface area contributed by atoms with Gasteiger partial charge in [-0.05, 0) is 18.6 Å². The van der Waals surface area contributed by atoms with E-state index in [1.54, 1.807) is 0 Å². The van der Waals surface area contributed by atoms with Gasteiger partial charge in [-0.3, -0.25) is 4.90 Å². The van der Waals surface area contributed by atoms with Crippen LogP contribution in [0.5, 0.6) is 0 Å². The lowest BCUT2D eigenvalue weighted by atomic mass is 10.2. The fraction of sp³-hybridized carbons (Fsp3) is 0.467. The fourth-order valence-corrected chi connectivity index (χ4v) is 2.83. The van der Waals surface area contributed by atoms with Crippen LogP contribution in [0.2, 0.25) is 0 Å². The second-order valence-electron chi connectivity index (χ2n) is 5.99. The van der Waals surface area contributed by atoms with Crippen molar-refractivity contribution in [1.82, 2.24) is 24.8 Å². The monoisotopic (exact) mass is 368 g/mol. The summed E-state index contributed by atoms with van der Waals surface area (Å²) in [5.74, 6) is 1.19. The van der Waals surface area contributed by atoms with E-state index in [9.17, 15) is 13.2 Å². The third kappa shape index (κ3) is 4.48. The predicted octanol–water partition coefficient (Wildman–Crippen LogP) is 1.16. The molecule has 0 atom stereocenters. The van der Waals surface area contributed by atoms with E-state index < -0.39 is 11.7 Å². The molecule has 0 aliphatic carbocycles. The molecule has 0 spiro atoms. The Morgan fingerprint density at radius 1 is 0.962 bits per heavy atom. The molecule has 0 amide bonds. The van der Waals surface area contributed by atoms with Crippen LogP contribution in [0.15, 0.2) is 18.3 Å². The van der Waals surface area contributed by atoms with Crippen molar-refractivity contribution in [2.24, 2.45) is 0 Å². The van der Waals surface area contributed by atoms with Crippen LogP contribution >= 0.6 is 0 Å². The van der Waals surface area contributed by atoms with E-state index in [0.717, 1.165) is 25.2 Å². The fourth-order valence-electron chi connectivity index (χ4n) is 2.83. The molecule has 3 heterocycles. The number of alkyl halides is 3. The first-order chi connectivity index (χ1) is 12.3. The molecule has 0 radical (unpaired) electrons. The van der Waals surface area contributed by atoms with Gasteiger partial charge in [-0.2, -0.15) is 28.1 Å². The number of hydrogen-bond acceptors (Lipinski definition) is 8. The van der Waals surface area contributed by atoms with Crippen molar-refractivity contribution in [3.8, 4) is 0 Å². The second-order valence-corrected chi connectivity index (χ2v) is 5.99. The van der Waals surface area contributed by atoms with Crippen molar-refractivity contribution in [2.45, 2.75) is 19.1 Å². The topological polar surface area (TPSA) is 110 Å². The van der Waals surface area contributed by atoms with Crippen molar-refractivity contribution in [2.75, 3.05) is 42.5 Å². The van der Waals surface area contributed by atoms with Crippen molar-refractivity contribution in [3.05, 3.63) is 29.7 Å². The van der Waals surface area contributed by atoms with Crippen LogP contribution < -0.4 is 16.4 Å². The van der Waals surface area contributed by atoms with Crippen LogP contribution in [0.4, 0.5) is 30.9 Å². The molecule has 0 saturated carbocycles. The largest absolute Gasteiger partial charge is 0.417 e. The Morgan fingerprint density at radius 3 is 2.31 bits per heavy atom. The molecule has 26 heavy (non-hydrogen) atoms. The highest BCUT2D eigenvalue weighted by Gasteiger charge is 2.31. The Kier molecular flexibility index (Phi) is 5.07. The molecular weight excluding hydrogens is 349 g/mol. The zero-order chi connectivity index (χ0) is 18.7. The van der Waals surface area contributed by atoms with Crippen molar-refractivity contribution < 1.29 is 13.2 Å². The van der Waals surface area contributed by atoms with Gasteiger partial charge in [0.25, 0.3) is 0 Å². The normalized spacial score (nSPS) is 16.5. The maximum atomic E-state index is 12.6. The summed E-state index contributed by atoms with van der Waals surface area (Å²) in [6.45, 7) is 3.30. The van der Waals surface area contributed by atoms with Gasteiger partial charge in [0.1, 0.15) is 11.6 Å². The Hall–Kier alpha value is -2.69. The summed E-state index contributed by atoms with van der Waals surface area (Å²) in [4.78, 5) is 20.0. The molecule has 2 aromatic rings. The highest BCUT2D eigenvalue weighted by Crippen LogP contribution is 2.29. The molecule has 1 aliphatic rings. The number of nitrogens with zero attached hydrogens (tertiary/aromatic N) is 6. The number of rotatable bonds is 3. The molecule has 0 bridgehead atoms. The average Bonchev–Trinajstić information content (AvgIpc) is 2.79. The second kappa shape index (κ2) is 7.28. The summed E-state index contributed by atoms with van der Waals surface area (Å²) < 4.78 is 37.9. The molecule has 140 valence electrons. The highest BCUT2D eigenvalue weighted by molar-refractivity contribution is 5.40. The van der Waals surface area contributed by atoms with Crippen LogP contribution in [0.3, 0.4) is 0 Å². The van der Waals surface area contributed by atoms with Gasteiger partial charge >= 0.3 is 6.18 Å². The summed E-state index contributed by atoms with van der Waals surface area (Å²) in [6.07, 6.45) is -2.68. The Labute approximate surface area is 148 Å². The quantitative estimate of drug-likeness (QED) is 0.831. The summed E-state index contributed by atoms with van der Waals surface area (Å²) >= 11 is 0. The van der Waals surface area contributed by atoms with Gasteiger partial charge in [0.05, 0.1) is 12.1 Å². The van der Waals surface area contributed by atoms with Crippen LogP contribution in [-0.2, 0) is 12.7 Å². The summed E-state index contributed by atoms with van der Waals surface area (Å²) in [5, 5.41) is 0. The summed E-state index contributed by atoms with van der Waals surface area (Å²) in [6, 6.07) is 2.47. The van der Waals surface area contributed by atoms with Gasteiger partial charge in [-0.25, -0.2) is 4.98 Å². The van der Waals surface area contributed by atoms with Gasteiger partial charge in [0, 0.05) is 32.4 Å². The van der Waals surface area contributed by atoms with Gasteiger partial charge in [-0.15, -0.1) is 0 Å². The number of nitrogen functional groups attached to an aromatic ring is 2. The third-order valence-corrected chi connectivity index (χ3v) is 4.07. The molecule has 1 aliphatic heterocycles. The first-order valence-corrected chi connectivity index (χ1v) is 8.08. The minimum absolute atomic E-state index is 0.0814. The summed E-state index contributed by atoms with van der Waals surface area (Å²) in [7, 11) is 0. The molecule has 2 aromatic heterocycles. The van der Waals surface area contributed by atoms with E-state index in [-0.39, 0.29) is 11.9 Å². The van der Waals surface area contributed by atoms with Crippen molar-refractivity contribution >= 4 is 17.7 Å². The summed E-state index contributed by atoms with van der Waals surface area (Å²) in [5.41, 5.74) is 10.4. The maximum absolute atomic E-state index is 12.6. The molecule has 0 unspecified atom stereocenters. The zero-order valence-corrected chi connectivity index (χ0v) is 13.9. The molecule has 1 fully saturated rings. The van der Waals surface area contributed by atoms with Crippen LogP contribution in [0.1, 0.15) is 17.8 Å². The highest BCUT2D eigenvalue weighted by atomic mass is 19.4. The van der Waals surface area contributed by atoms with Crippen molar-refractivity contribution in [3.63, 3.8) is 0 Å². The number of nitrogens with two attached hydrogens (primary N) is 2. The van der Waals surface area contributed by atoms with Crippen LogP contribution in [-0.4, -0.2) is 51.0 Å². The number of halogens is 3. The molecule has 4 N–H and O–H groups in total. The zero-order valence-electron chi connectivity index (χ0n) is 13.9. The lowest BCUT2D eigenvalue weighted by Gasteiger charge is -2.22. The number of aromatic nitrogens is 4. The number of hydrogen-bond donors (Lipinski definition) is 2. The van der Waals surface area contributed by atoms with E-state index in [1.807, 2.05) is 4.90 Å². The Morgan fingerprint density at radius 2 is 1.69 bits per heavy atom. The average molecular weight is 368 g/mol. The number of pyridine rings is 1. The lowest BCUT2D eigenvalue weighted by Crippen LogP contribution is -2.31. The smallest absolute Gasteiger partial charge is 0.368 e. The van der Waals surface area contributed by atoms with E-state index >= 15 is 0 Å². The van der Waals surface area contributed by atoms with E-state index in [0.29, 0.717) is 37.8 Å². The van der Waals surface area contributed by atoms with E-state index in [2.05, 4.69) is 24.8 Å². The standard InChI is InChI=1S/C15H19F3N8/c16-15(17,18)10-2-3-12(21-8-10)26-5-1-4-25(6-7-26)9-11-22-13(19)24-14(20)23-11/h2-3,8H,1,4-7,9H2,(H4,19,20,22,23,24). The predicted molar refractivity (Wildman–Crippen MR) is 90.0 cm³/mol. The van der Waals surface area contributed by atoms with Gasteiger partial charge in [0.2, 0.25) is 11.9 Å². The number of anilines is 3. The van der Waals surface area contributed by atoms with E-state index in [4.69, 9.17) is 11.5 Å². The first-order valence-electron chi connectivity index (χ1n) is 8.08. The molecular formula is C15H19F3N8. The Balaban J connectivity index is 1.63. The molecule has 3 rings (SSSR count). The molecule has 1 saturated heterocycles. The minimum Gasteiger partial charge on any atom is -0.368 e. The van der Waals surface area contributed by atoms with Crippen LogP contribution in [0.25, 0.3) is 0 Å². The van der Waals surface area contributed by atoms with E-state index in [1.165, 1.54) is 6.07 Å². The minimum atomic E-state index is -4.38. The maximum Gasteiger partial charge on any atom is 0.417 e. The third-order valence-electron chi connectivity index (χ3n) is 4.07. The molecule has 11 heteroatoms. The molecule has 8 nitrogen and oxygen atoms in total. The van der Waals surface area contributed by atoms with Gasteiger partial charge < -0.3 is 16.4 Å². The molecule has 0 aromatic carbocycles. The van der Waals surface area contributed by atoms with Gasteiger partial charge in [0.15, 0.2) is 0 Å².